The van der Waals surface area contributed by atoms with E-state index in [1.807, 2.05) is 12.1 Å². The Kier molecular flexibility index (Phi) is 6.14. The minimum absolute atomic E-state index is 0.154. The van der Waals surface area contributed by atoms with Crippen LogP contribution in [-0.2, 0) is 0 Å². The third kappa shape index (κ3) is 4.76. The van der Waals surface area contributed by atoms with Crippen molar-refractivity contribution in [3.05, 3.63) is 27.8 Å². The van der Waals surface area contributed by atoms with E-state index in [-0.39, 0.29) is 6.61 Å². The van der Waals surface area contributed by atoms with Gasteiger partial charge in [-0.15, -0.1) is 0 Å². The van der Waals surface area contributed by atoms with Crippen LogP contribution in [0.15, 0.2) is 24.3 Å². The second-order valence-corrected chi connectivity index (χ2v) is 4.82. The molecule has 96 valence electrons. The summed E-state index contributed by atoms with van der Waals surface area (Å²) in [7, 11) is 0. The molecule has 5 nitrogen and oxygen atoms in total. The molecule has 1 aromatic rings. The maximum absolute atomic E-state index is 9.49. The van der Waals surface area contributed by atoms with Crippen molar-refractivity contribution in [2.45, 2.75) is 18.3 Å². The summed E-state index contributed by atoms with van der Waals surface area (Å²) < 4.78 is 6.29. The maximum Gasteiger partial charge on any atom is 0.119 e. The molecule has 0 aliphatic heterocycles. The van der Waals surface area contributed by atoms with Crippen LogP contribution in [0.1, 0.15) is 0 Å². The average molecular weight is 354 g/mol. The first-order chi connectivity index (χ1) is 8.04. The summed E-state index contributed by atoms with van der Waals surface area (Å²) >= 11 is 2.16. The lowest BCUT2D eigenvalue weighted by Crippen LogP contribution is -2.42. The zero-order chi connectivity index (χ0) is 12.8. The van der Waals surface area contributed by atoms with Gasteiger partial charge in [0.05, 0.1) is 6.61 Å². The minimum atomic E-state index is -1.43. The molecule has 0 fully saturated rings. The molecule has 0 aromatic heterocycles. The second-order valence-electron chi connectivity index (χ2n) is 3.57. The highest BCUT2D eigenvalue weighted by Gasteiger charge is 2.24. The summed E-state index contributed by atoms with van der Waals surface area (Å²) in [5.41, 5.74) is 0. The summed E-state index contributed by atoms with van der Waals surface area (Å²) in [6, 6.07) is 7.18. The van der Waals surface area contributed by atoms with E-state index in [2.05, 4.69) is 22.6 Å². The van der Waals surface area contributed by atoms with Gasteiger partial charge in [0.1, 0.15) is 30.7 Å². The summed E-state index contributed by atoms with van der Waals surface area (Å²) in [5.74, 6) is 0.565. The number of aliphatic hydroxyl groups excluding tert-OH is 4. The Bertz CT molecular complexity index is 329. The van der Waals surface area contributed by atoms with Gasteiger partial charge in [0, 0.05) is 3.57 Å². The molecule has 0 radical (unpaired) electrons. The van der Waals surface area contributed by atoms with E-state index in [1.165, 1.54) is 0 Å². The number of hydrogen-bond donors (Lipinski definition) is 4. The van der Waals surface area contributed by atoms with Gasteiger partial charge in [0.15, 0.2) is 0 Å². The number of rotatable bonds is 6. The monoisotopic (exact) mass is 354 g/mol. The van der Waals surface area contributed by atoms with Gasteiger partial charge in [-0.3, -0.25) is 0 Å². The lowest BCUT2D eigenvalue weighted by atomic mass is 10.1. The van der Waals surface area contributed by atoms with Gasteiger partial charge in [-0.05, 0) is 46.9 Å². The number of aliphatic hydroxyl groups is 4. The van der Waals surface area contributed by atoms with Crippen molar-refractivity contribution in [3.8, 4) is 5.75 Å². The maximum atomic E-state index is 9.49. The Hall–Kier alpha value is -0.410. The fourth-order valence-electron chi connectivity index (χ4n) is 1.18. The molecule has 1 aromatic carbocycles. The van der Waals surface area contributed by atoms with E-state index in [9.17, 15) is 10.2 Å². The number of ether oxygens (including phenoxy) is 1. The van der Waals surface area contributed by atoms with Crippen LogP contribution in [0.25, 0.3) is 0 Å². The highest BCUT2D eigenvalue weighted by atomic mass is 127. The molecule has 17 heavy (non-hydrogen) atoms. The predicted octanol–water partition coefficient (Wildman–Crippen LogP) is -0.255. The van der Waals surface area contributed by atoms with E-state index in [0.29, 0.717) is 5.75 Å². The van der Waals surface area contributed by atoms with Crippen molar-refractivity contribution in [1.82, 2.24) is 0 Å². The first-order valence-corrected chi connectivity index (χ1v) is 6.16. The highest BCUT2D eigenvalue weighted by molar-refractivity contribution is 14.1. The molecule has 0 aliphatic rings. The average Bonchev–Trinajstić information content (AvgIpc) is 2.35. The first kappa shape index (κ1) is 14.7. The molecule has 3 atom stereocenters. The normalized spacial score (nSPS) is 16.3. The lowest BCUT2D eigenvalue weighted by molar-refractivity contribution is -0.0871. The van der Waals surface area contributed by atoms with E-state index in [0.717, 1.165) is 3.57 Å². The van der Waals surface area contributed by atoms with Crippen molar-refractivity contribution in [2.24, 2.45) is 0 Å². The smallest absolute Gasteiger partial charge is 0.119 e. The van der Waals surface area contributed by atoms with Gasteiger partial charge in [0.2, 0.25) is 0 Å². The van der Waals surface area contributed by atoms with Gasteiger partial charge in [-0.1, -0.05) is 0 Å². The lowest BCUT2D eigenvalue weighted by Gasteiger charge is -2.21. The standard InChI is InChI=1S/C11H15IO5/c12-7-1-3-8(4-2-7)17-6-10(15)11(16)9(14)5-13/h1-4,9-11,13-16H,5-6H2/t9-,10-,11-/m1/s1. The van der Waals surface area contributed by atoms with Gasteiger partial charge >= 0.3 is 0 Å². The van der Waals surface area contributed by atoms with E-state index in [1.54, 1.807) is 12.1 Å². The summed E-state index contributed by atoms with van der Waals surface area (Å²) in [4.78, 5) is 0. The zero-order valence-corrected chi connectivity index (χ0v) is 11.2. The van der Waals surface area contributed by atoms with Gasteiger partial charge in [-0.2, -0.15) is 0 Å². The molecule has 0 unspecified atom stereocenters. The van der Waals surface area contributed by atoms with Crippen LogP contribution >= 0.6 is 22.6 Å². The molecule has 0 saturated carbocycles. The summed E-state index contributed by atoms with van der Waals surface area (Å²) in [6.07, 6.45) is -4.05. The Morgan fingerprint density at radius 2 is 1.65 bits per heavy atom. The van der Waals surface area contributed by atoms with E-state index in [4.69, 9.17) is 14.9 Å². The van der Waals surface area contributed by atoms with Crippen molar-refractivity contribution < 1.29 is 25.2 Å². The fraction of sp³-hybridized carbons (Fsp3) is 0.455. The molecular weight excluding hydrogens is 339 g/mol. The molecule has 0 amide bonds. The van der Waals surface area contributed by atoms with Gasteiger partial charge in [-0.25, -0.2) is 0 Å². The fourth-order valence-corrected chi connectivity index (χ4v) is 1.54. The molecule has 0 spiro atoms. The first-order valence-electron chi connectivity index (χ1n) is 5.08. The number of hydrogen-bond acceptors (Lipinski definition) is 5. The summed E-state index contributed by atoms with van der Waals surface area (Å²) in [5, 5.41) is 36.6. The molecule has 1 rings (SSSR count). The molecule has 0 saturated heterocycles. The van der Waals surface area contributed by atoms with Crippen molar-refractivity contribution in [1.29, 1.82) is 0 Å². The largest absolute Gasteiger partial charge is 0.491 e. The Labute approximate surface area is 113 Å². The van der Waals surface area contributed by atoms with Crippen LogP contribution in [0, 0.1) is 3.57 Å². The highest BCUT2D eigenvalue weighted by Crippen LogP contribution is 2.14. The molecule has 4 N–H and O–H groups in total. The SMILES string of the molecule is OC[C@@H](O)[C@@H](O)[C@H](O)COc1ccc(I)cc1. The van der Waals surface area contributed by atoms with Crippen LogP contribution in [0.4, 0.5) is 0 Å². The molecule has 6 heteroatoms. The molecule has 0 bridgehead atoms. The van der Waals surface area contributed by atoms with Crippen LogP contribution in [-0.4, -0.2) is 52.0 Å². The Balaban J connectivity index is 2.42. The Morgan fingerprint density at radius 3 is 2.18 bits per heavy atom. The third-order valence-corrected chi connectivity index (χ3v) is 2.93. The Morgan fingerprint density at radius 1 is 1.06 bits per heavy atom. The van der Waals surface area contributed by atoms with Crippen LogP contribution < -0.4 is 4.74 Å². The number of benzene rings is 1. The van der Waals surface area contributed by atoms with Crippen LogP contribution in [0.3, 0.4) is 0 Å². The summed E-state index contributed by atoms with van der Waals surface area (Å²) in [6.45, 7) is -0.763. The van der Waals surface area contributed by atoms with E-state index < -0.39 is 24.9 Å². The minimum Gasteiger partial charge on any atom is -0.491 e. The van der Waals surface area contributed by atoms with E-state index >= 15 is 0 Å². The van der Waals surface area contributed by atoms with Crippen LogP contribution in [0.5, 0.6) is 5.75 Å². The second kappa shape index (κ2) is 7.12. The van der Waals surface area contributed by atoms with Gasteiger partial charge < -0.3 is 25.2 Å². The van der Waals surface area contributed by atoms with Crippen LogP contribution in [0.2, 0.25) is 0 Å². The molecule has 0 aliphatic carbocycles. The molecule has 0 heterocycles. The molecular formula is C11H15IO5. The number of halogens is 1. The predicted molar refractivity (Wildman–Crippen MR) is 69.8 cm³/mol. The zero-order valence-electron chi connectivity index (χ0n) is 9.03. The third-order valence-electron chi connectivity index (χ3n) is 2.21. The van der Waals surface area contributed by atoms with Crippen molar-refractivity contribution in [3.63, 3.8) is 0 Å². The topological polar surface area (TPSA) is 90.2 Å². The van der Waals surface area contributed by atoms with Crippen molar-refractivity contribution in [2.75, 3.05) is 13.2 Å². The van der Waals surface area contributed by atoms with Crippen molar-refractivity contribution >= 4 is 22.6 Å². The van der Waals surface area contributed by atoms with Gasteiger partial charge in [0.25, 0.3) is 0 Å². The quantitative estimate of drug-likeness (QED) is 0.529.